The fraction of sp³-hybridized carbons (Fsp3) is 0.0714. The number of aromatic nitrogens is 2. The maximum absolute atomic E-state index is 12.0. The Hall–Kier alpha value is -2.12. The highest BCUT2D eigenvalue weighted by Gasteiger charge is 2.09. The maximum atomic E-state index is 12.0. The van der Waals surface area contributed by atoms with E-state index in [0.29, 0.717) is 10.8 Å². The number of para-hydroxylation sites is 1. The van der Waals surface area contributed by atoms with Gasteiger partial charge in [-0.1, -0.05) is 23.5 Å². The van der Waals surface area contributed by atoms with Crippen LogP contribution in [-0.2, 0) is 4.79 Å². The van der Waals surface area contributed by atoms with Crippen molar-refractivity contribution in [2.75, 3.05) is 16.8 Å². The third kappa shape index (κ3) is 3.32. The van der Waals surface area contributed by atoms with Gasteiger partial charge in [-0.15, -0.1) is 11.8 Å². The molecule has 0 atom stereocenters. The average molecular weight is 316 g/mol. The number of pyridine rings is 1. The zero-order valence-electron chi connectivity index (χ0n) is 10.9. The van der Waals surface area contributed by atoms with Crippen LogP contribution >= 0.6 is 23.1 Å². The maximum Gasteiger partial charge on any atom is 0.236 e. The summed E-state index contributed by atoms with van der Waals surface area (Å²) in [7, 11) is 0. The number of benzene rings is 1. The van der Waals surface area contributed by atoms with Gasteiger partial charge >= 0.3 is 0 Å². The van der Waals surface area contributed by atoms with Gasteiger partial charge in [0.25, 0.3) is 0 Å². The van der Waals surface area contributed by atoms with Crippen LogP contribution in [0.25, 0.3) is 10.2 Å². The van der Waals surface area contributed by atoms with Crippen molar-refractivity contribution in [1.29, 1.82) is 0 Å². The number of thioether (sulfide) groups is 1. The van der Waals surface area contributed by atoms with Gasteiger partial charge in [-0.05, 0) is 18.2 Å². The molecule has 0 saturated carbocycles. The van der Waals surface area contributed by atoms with E-state index in [1.54, 1.807) is 18.5 Å². The predicted molar refractivity (Wildman–Crippen MR) is 87.6 cm³/mol. The number of amides is 1. The van der Waals surface area contributed by atoms with Crippen LogP contribution in [0.1, 0.15) is 0 Å². The Kier molecular flexibility index (Phi) is 4.03. The molecule has 0 unspecified atom stereocenters. The first-order valence-electron chi connectivity index (χ1n) is 6.20. The number of rotatable bonds is 4. The standard InChI is InChI=1S/C14H12N4OS2/c15-9-7-16-6-5-11(9)20-8-13(19)18-14-17-10-3-1-2-4-12(10)21-14/h1-7H,8,15H2,(H,17,18,19). The topological polar surface area (TPSA) is 80.9 Å². The van der Waals surface area contributed by atoms with E-state index in [1.165, 1.54) is 23.1 Å². The lowest BCUT2D eigenvalue weighted by atomic mass is 10.3. The quantitative estimate of drug-likeness (QED) is 0.723. The molecule has 2 aromatic heterocycles. The highest BCUT2D eigenvalue weighted by molar-refractivity contribution is 8.00. The Bertz CT molecular complexity index is 754. The molecule has 0 fully saturated rings. The molecule has 0 bridgehead atoms. The second-order valence-corrected chi connectivity index (χ2v) is 6.28. The molecule has 21 heavy (non-hydrogen) atoms. The van der Waals surface area contributed by atoms with E-state index >= 15 is 0 Å². The molecule has 5 nitrogen and oxygen atoms in total. The van der Waals surface area contributed by atoms with Crippen LogP contribution in [-0.4, -0.2) is 21.6 Å². The highest BCUT2D eigenvalue weighted by atomic mass is 32.2. The van der Waals surface area contributed by atoms with E-state index < -0.39 is 0 Å². The minimum absolute atomic E-state index is 0.102. The molecule has 3 N–H and O–H groups in total. The van der Waals surface area contributed by atoms with Crippen molar-refractivity contribution >= 4 is 50.0 Å². The number of anilines is 2. The molecule has 7 heteroatoms. The smallest absolute Gasteiger partial charge is 0.236 e. The van der Waals surface area contributed by atoms with Crippen molar-refractivity contribution in [3.63, 3.8) is 0 Å². The molecule has 0 radical (unpaired) electrons. The molecule has 0 aliphatic rings. The van der Waals surface area contributed by atoms with Gasteiger partial charge < -0.3 is 11.1 Å². The number of hydrogen-bond donors (Lipinski definition) is 2. The van der Waals surface area contributed by atoms with E-state index in [1.807, 2.05) is 24.3 Å². The van der Waals surface area contributed by atoms with Gasteiger partial charge in [-0.25, -0.2) is 4.98 Å². The SMILES string of the molecule is Nc1cnccc1SCC(=O)Nc1nc2ccccc2s1. The molecule has 3 aromatic rings. The van der Waals surface area contributed by atoms with Gasteiger partial charge in [0.1, 0.15) is 0 Å². The normalized spacial score (nSPS) is 10.7. The van der Waals surface area contributed by atoms with Crippen LogP contribution in [0.3, 0.4) is 0 Å². The van der Waals surface area contributed by atoms with Crippen LogP contribution < -0.4 is 11.1 Å². The minimum Gasteiger partial charge on any atom is -0.397 e. The van der Waals surface area contributed by atoms with Gasteiger partial charge in [0.2, 0.25) is 5.91 Å². The van der Waals surface area contributed by atoms with Crippen molar-refractivity contribution in [3.05, 3.63) is 42.7 Å². The van der Waals surface area contributed by atoms with E-state index in [9.17, 15) is 4.79 Å². The van der Waals surface area contributed by atoms with Crippen molar-refractivity contribution in [1.82, 2.24) is 9.97 Å². The zero-order chi connectivity index (χ0) is 14.7. The number of nitrogen functional groups attached to an aromatic ring is 1. The molecule has 2 heterocycles. The third-order valence-electron chi connectivity index (χ3n) is 2.71. The summed E-state index contributed by atoms with van der Waals surface area (Å²) in [6.45, 7) is 0. The fourth-order valence-electron chi connectivity index (χ4n) is 1.75. The van der Waals surface area contributed by atoms with Gasteiger partial charge in [0.15, 0.2) is 5.13 Å². The second-order valence-electron chi connectivity index (χ2n) is 4.24. The van der Waals surface area contributed by atoms with Crippen LogP contribution in [0.2, 0.25) is 0 Å². The van der Waals surface area contributed by atoms with Crippen LogP contribution in [0.5, 0.6) is 0 Å². The van der Waals surface area contributed by atoms with Gasteiger partial charge in [-0.3, -0.25) is 9.78 Å². The summed E-state index contributed by atoms with van der Waals surface area (Å²) >= 11 is 2.84. The number of carbonyl (C=O) groups is 1. The third-order valence-corrected chi connectivity index (χ3v) is 4.75. The summed E-state index contributed by atoms with van der Waals surface area (Å²) in [6, 6.07) is 9.58. The minimum atomic E-state index is -0.102. The number of nitrogens with one attached hydrogen (secondary N) is 1. The average Bonchev–Trinajstić information content (AvgIpc) is 2.88. The van der Waals surface area contributed by atoms with E-state index in [0.717, 1.165) is 15.1 Å². The Balaban J connectivity index is 1.62. The van der Waals surface area contributed by atoms with Crippen molar-refractivity contribution in [2.45, 2.75) is 4.90 Å². The molecule has 1 amide bonds. The van der Waals surface area contributed by atoms with Crippen LogP contribution in [0, 0.1) is 0 Å². The largest absolute Gasteiger partial charge is 0.397 e. The summed E-state index contributed by atoms with van der Waals surface area (Å²) in [4.78, 5) is 21.1. The van der Waals surface area contributed by atoms with Gasteiger partial charge in [0, 0.05) is 11.1 Å². The molecule has 0 aliphatic heterocycles. The summed E-state index contributed by atoms with van der Waals surface area (Å²) < 4.78 is 1.05. The Morgan fingerprint density at radius 1 is 1.33 bits per heavy atom. The van der Waals surface area contributed by atoms with E-state index in [4.69, 9.17) is 5.73 Å². The predicted octanol–water partition coefficient (Wildman–Crippen LogP) is 3.00. The number of hydrogen-bond acceptors (Lipinski definition) is 6. The van der Waals surface area contributed by atoms with Crippen molar-refractivity contribution in [3.8, 4) is 0 Å². The van der Waals surface area contributed by atoms with Crippen molar-refractivity contribution < 1.29 is 4.79 Å². The lowest BCUT2D eigenvalue weighted by Crippen LogP contribution is -2.13. The van der Waals surface area contributed by atoms with E-state index in [2.05, 4.69) is 15.3 Å². The second kappa shape index (κ2) is 6.11. The molecule has 0 aliphatic carbocycles. The molecule has 0 spiro atoms. The number of thiazole rings is 1. The lowest BCUT2D eigenvalue weighted by molar-refractivity contribution is -0.113. The monoisotopic (exact) mass is 316 g/mol. The number of carbonyl (C=O) groups excluding carboxylic acids is 1. The van der Waals surface area contributed by atoms with Gasteiger partial charge in [0.05, 0.1) is 27.9 Å². The number of fused-ring (bicyclic) bond motifs is 1. The van der Waals surface area contributed by atoms with Gasteiger partial charge in [-0.2, -0.15) is 0 Å². The van der Waals surface area contributed by atoms with Crippen LogP contribution in [0.4, 0.5) is 10.8 Å². The molecule has 3 rings (SSSR count). The first kappa shape index (κ1) is 13.8. The molecule has 1 aromatic carbocycles. The summed E-state index contributed by atoms with van der Waals surface area (Å²) in [5, 5.41) is 3.43. The zero-order valence-corrected chi connectivity index (χ0v) is 12.6. The molecular weight excluding hydrogens is 304 g/mol. The number of nitrogens with zero attached hydrogens (tertiary/aromatic N) is 2. The number of nitrogens with two attached hydrogens (primary N) is 1. The molecule has 0 saturated heterocycles. The summed E-state index contributed by atoms with van der Waals surface area (Å²) in [6.07, 6.45) is 3.23. The Morgan fingerprint density at radius 3 is 3.00 bits per heavy atom. The fourth-order valence-corrected chi connectivity index (χ4v) is 3.37. The first-order valence-corrected chi connectivity index (χ1v) is 8.00. The summed E-state index contributed by atoms with van der Waals surface area (Å²) in [5.41, 5.74) is 7.26. The van der Waals surface area contributed by atoms with Crippen molar-refractivity contribution in [2.24, 2.45) is 0 Å². The van der Waals surface area contributed by atoms with E-state index in [-0.39, 0.29) is 11.7 Å². The Labute approximate surface area is 129 Å². The first-order chi connectivity index (χ1) is 10.2. The summed E-state index contributed by atoms with van der Waals surface area (Å²) in [5.74, 6) is 0.180. The Morgan fingerprint density at radius 2 is 2.19 bits per heavy atom. The molecule has 106 valence electrons. The van der Waals surface area contributed by atoms with Crippen LogP contribution in [0.15, 0.2) is 47.6 Å². The molecular formula is C14H12N4OS2. The lowest BCUT2D eigenvalue weighted by Gasteiger charge is -2.04. The highest BCUT2D eigenvalue weighted by Crippen LogP contribution is 2.26.